The molecule has 1 saturated heterocycles. The predicted molar refractivity (Wildman–Crippen MR) is 129 cm³/mol. The highest BCUT2D eigenvalue weighted by molar-refractivity contribution is 6.46. The Kier molecular flexibility index (Phi) is 7.05. The maximum atomic E-state index is 13.2. The van der Waals surface area contributed by atoms with E-state index in [4.69, 9.17) is 16.3 Å². The number of ketones is 1. The predicted octanol–water partition coefficient (Wildman–Crippen LogP) is 4.43. The molecule has 7 heteroatoms. The van der Waals surface area contributed by atoms with E-state index in [1.165, 1.54) is 0 Å². The van der Waals surface area contributed by atoms with Gasteiger partial charge in [-0.25, -0.2) is 0 Å². The third-order valence-electron chi connectivity index (χ3n) is 6.46. The summed E-state index contributed by atoms with van der Waals surface area (Å²) in [5, 5.41) is 11.8. The first-order chi connectivity index (χ1) is 15.9. The standard InChI is InChI=1S/C26H29ClN2O4/c1-3-28(4-2)13-14-29-23(17-7-10-20(27)11-8-17)22(25(31)26(29)32)24(30)19-9-12-21-18(16-19)6-5-15-33-21/h7-12,16,23,30H,3-6,13-15H2,1-2H3/b24-22-. The number of aliphatic hydroxyl groups is 1. The van der Waals surface area contributed by atoms with Crippen molar-refractivity contribution >= 4 is 29.1 Å². The lowest BCUT2D eigenvalue weighted by molar-refractivity contribution is -0.140. The number of benzene rings is 2. The Bertz CT molecular complexity index is 1080. The first-order valence-corrected chi connectivity index (χ1v) is 11.8. The number of hydrogen-bond donors (Lipinski definition) is 1. The minimum atomic E-state index is -0.676. The molecular weight excluding hydrogens is 440 g/mol. The van der Waals surface area contributed by atoms with Crippen LogP contribution in [-0.4, -0.2) is 59.4 Å². The molecule has 2 aromatic carbocycles. The van der Waals surface area contributed by atoms with Crippen molar-refractivity contribution in [1.82, 2.24) is 9.80 Å². The van der Waals surface area contributed by atoms with Crippen LogP contribution in [0.5, 0.6) is 5.75 Å². The van der Waals surface area contributed by atoms with Crippen molar-refractivity contribution in [2.24, 2.45) is 0 Å². The van der Waals surface area contributed by atoms with E-state index in [0.29, 0.717) is 30.3 Å². The van der Waals surface area contributed by atoms with Crippen LogP contribution < -0.4 is 4.74 Å². The number of amides is 1. The number of carbonyl (C=O) groups excluding carboxylic acids is 2. The van der Waals surface area contributed by atoms with Gasteiger partial charge in [0.05, 0.1) is 18.2 Å². The molecule has 0 bridgehead atoms. The summed E-state index contributed by atoms with van der Waals surface area (Å²) in [5.41, 5.74) is 2.35. The molecule has 1 fully saturated rings. The Hall–Kier alpha value is -2.83. The number of halogens is 1. The Labute approximate surface area is 199 Å². The maximum absolute atomic E-state index is 13.2. The first-order valence-electron chi connectivity index (χ1n) is 11.5. The van der Waals surface area contributed by atoms with Crippen LogP contribution in [0.25, 0.3) is 5.76 Å². The van der Waals surface area contributed by atoms with E-state index in [9.17, 15) is 14.7 Å². The number of carbonyl (C=O) groups is 2. The van der Waals surface area contributed by atoms with Gasteiger partial charge in [0.15, 0.2) is 0 Å². The highest BCUT2D eigenvalue weighted by Crippen LogP contribution is 2.40. The second-order valence-corrected chi connectivity index (χ2v) is 8.78. The summed E-state index contributed by atoms with van der Waals surface area (Å²) in [6, 6.07) is 11.8. The van der Waals surface area contributed by atoms with Crippen LogP contribution in [0.3, 0.4) is 0 Å². The van der Waals surface area contributed by atoms with Gasteiger partial charge >= 0.3 is 0 Å². The number of nitrogens with zero attached hydrogens (tertiary/aromatic N) is 2. The summed E-state index contributed by atoms with van der Waals surface area (Å²) < 4.78 is 5.67. The summed E-state index contributed by atoms with van der Waals surface area (Å²) in [5.74, 6) is -0.621. The van der Waals surface area contributed by atoms with Crippen LogP contribution in [0.2, 0.25) is 5.02 Å². The van der Waals surface area contributed by atoms with Gasteiger partial charge in [-0.15, -0.1) is 0 Å². The number of ether oxygens (including phenoxy) is 1. The van der Waals surface area contributed by atoms with E-state index in [-0.39, 0.29) is 11.3 Å². The Morgan fingerprint density at radius 2 is 1.88 bits per heavy atom. The zero-order valence-corrected chi connectivity index (χ0v) is 19.8. The minimum Gasteiger partial charge on any atom is -0.507 e. The zero-order chi connectivity index (χ0) is 23.5. The molecular formula is C26H29ClN2O4. The van der Waals surface area contributed by atoms with Gasteiger partial charge in [-0.3, -0.25) is 9.59 Å². The molecule has 1 unspecified atom stereocenters. The molecule has 4 rings (SSSR count). The summed E-state index contributed by atoms with van der Waals surface area (Å²) in [6.07, 6.45) is 1.74. The summed E-state index contributed by atoms with van der Waals surface area (Å²) in [7, 11) is 0. The lowest BCUT2D eigenvalue weighted by Crippen LogP contribution is -2.38. The molecule has 0 radical (unpaired) electrons. The third-order valence-corrected chi connectivity index (χ3v) is 6.71. The lowest BCUT2D eigenvalue weighted by Gasteiger charge is -2.28. The van der Waals surface area contributed by atoms with Crippen molar-refractivity contribution in [3.63, 3.8) is 0 Å². The number of likely N-dealkylation sites (N-methyl/N-ethyl adjacent to an activating group) is 1. The van der Waals surface area contributed by atoms with Crippen LogP contribution >= 0.6 is 11.6 Å². The van der Waals surface area contributed by atoms with Gasteiger partial charge in [0.25, 0.3) is 11.7 Å². The van der Waals surface area contributed by atoms with Crippen LogP contribution in [0.1, 0.15) is 43.0 Å². The van der Waals surface area contributed by atoms with Crippen LogP contribution in [0, 0.1) is 0 Å². The number of rotatable bonds is 7. The quantitative estimate of drug-likeness (QED) is 0.370. The van der Waals surface area contributed by atoms with Gasteiger partial charge in [-0.2, -0.15) is 0 Å². The fraction of sp³-hybridized carbons (Fsp3) is 0.385. The molecule has 2 aromatic rings. The summed E-state index contributed by atoms with van der Waals surface area (Å²) in [6.45, 7) is 7.52. The molecule has 2 aliphatic rings. The second-order valence-electron chi connectivity index (χ2n) is 8.35. The number of fused-ring (bicyclic) bond motifs is 1. The molecule has 1 amide bonds. The second kappa shape index (κ2) is 9.98. The molecule has 1 atom stereocenters. The smallest absolute Gasteiger partial charge is 0.295 e. The van der Waals surface area contributed by atoms with E-state index >= 15 is 0 Å². The van der Waals surface area contributed by atoms with Crippen molar-refractivity contribution in [1.29, 1.82) is 0 Å². The SMILES string of the molecule is CCN(CC)CCN1C(=O)C(=O)/C(=C(\O)c2ccc3c(c2)CCCO3)C1c1ccc(Cl)cc1. The molecule has 0 aromatic heterocycles. The number of aryl methyl sites for hydroxylation is 1. The van der Waals surface area contributed by atoms with Gasteiger partial charge in [-0.1, -0.05) is 37.6 Å². The van der Waals surface area contributed by atoms with Crippen LogP contribution in [0.4, 0.5) is 0 Å². The molecule has 2 heterocycles. The van der Waals surface area contributed by atoms with Crippen molar-refractivity contribution in [3.8, 4) is 5.75 Å². The van der Waals surface area contributed by atoms with E-state index in [0.717, 1.165) is 42.8 Å². The number of likely N-dealkylation sites (tertiary alicyclic amines) is 1. The average Bonchev–Trinajstić information content (AvgIpc) is 3.09. The van der Waals surface area contributed by atoms with Gasteiger partial charge in [-0.05, 0) is 67.4 Å². The Balaban J connectivity index is 1.78. The van der Waals surface area contributed by atoms with E-state index in [2.05, 4.69) is 18.7 Å². The number of hydrogen-bond acceptors (Lipinski definition) is 5. The Morgan fingerprint density at radius 3 is 2.58 bits per heavy atom. The monoisotopic (exact) mass is 468 g/mol. The molecule has 0 aliphatic carbocycles. The third kappa shape index (κ3) is 4.63. The van der Waals surface area contributed by atoms with Gasteiger partial charge in [0, 0.05) is 23.7 Å². The molecule has 6 nitrogen and oxygen atoms in total. The molecule has 174 valence electrons. The minimum absolute atomic E-state index is 0.110. The normalized spacial score (nSPS) is 19.6. The van der Waals surface area contributed by atoms with Crippen molar-refractivity contribution in [2.45, 2.75) is 32.7 Å². The molecule has 33 heavy (non-hydrogen) atoms. The Morgan fingerprint density at radius 1 is 1.15 bits per heavy atom. The fourth-order valence-corrected chi connectivity index (χ4v) is 4.68. The molecule has 0 saturated carbocycles. The maximum Gasteiger partial charge on any atom is 0.295 e. The van der Waals surface area contributed by atoms with Crippen LogP contribution in [0.15, 0.2) is 48.0 Å². The fourth-order valence-electron chi connectivity index (χ4n) is 4.55. The van der Waals surface area contributed by atoms with Crippen molar-refractivity contribution < 1.29 is 19.4 Å². The number of Topliss-reactive ketones (excluding diaryl/α,β-unsaturated/α-hetero) is 1. The van der Waals surface area contributed by atoms with Crippen molar-refractivity contribution in [3.05, 3.63) is 69.8 Å². The lowest BCUT2D eigenvalue weighted by atomic mass is 9.94. The molecule has 1 N–H and O–H groups in total. The summed E-state index contributed by atoms with van der Waals surface area (Å²) >= 11 is 6.09. The van der Waals surface area contributed by atoms with E-state index in [1.807, 2.05) is 12.1 Å². The van der Waals surface area contributed by atoms with E-state index in [1.54, 1.807) is 35.2 Å². The largest absolute Gasteiger partial charge is 0.507 e. The highest BCUT2D eigenvalue weighted by Gasteiger charge is 2.46. The summed E-state index contributed by atoms with van der Waals surface area (Å²) in [4.78, 5) is 30.0. The van der Waals surface area contributed by atoms with Crippen LogP contribution in [-0.2, 0) is 16.0 Å². The highest BCUT2D eigenvalue weighted by atomic mass is 35.5. The first kappa shape index (κ1) is 23.3. The topological polar surface area (TPSA) is 70.1 Å². The van der Waals surface area contributed by atoms with Gasteiger partial charge < -0.3 is 19.6 Å². The molecule has 2 aliphatic heterocycles. The zero-order valence-electron chi connectivity index (χ0n) is 19.0. The van der Waals surface area contributed by atoms with Crippen molar-refractivity contribution in [2.75, 3.05) is 32.8 Å². The van der Waals surface area contributed by atoms with Gasteiger partial charge in [0.2, 0.25) is 0 Å². The molecule has 0 spiro atoms. The number of aliphatic hydroxyl groups excluding tert-OH is 1. The van der Waals surface area contributed by atoms with E-state index < -0.39 is 17.7 Å². The van der Waals surface area contributed by atoms with Gasteiger partial charge in [0.1, 0.15) is 11.5 Å². The average molecular weight is 469 g/mol.